The van der Waals surface area contributed by atoms with Crippen molar-refractivity contribution in [1.29, 1.82) is 0 Å². The van der Waals surface area contributed by atoms with Gasteiger partial charge in [-0.05, 0) is 46.9 Å². The van der Waals surface area contributed by atoms with Gasteiger partial charge >= 0.3 is 0 Å². The van der Waals surface area contributed by atoms with Crippen LogP contribution in [0.1, 0.15) is 36.5 Å². The Hall–Kier alpha value is -3.12. The van der Waals surface area contributed by atoms with Crippen LogP contribution in [0.25, 0.3) is 0 Å². The molecule has 0 radical (unpaired) electrons. The lowest BCUT2D eigenvalue weighted by molar-refractivity contribution is -0.142. The first-order chi connectivity index (χ1) is 16.4. The van der Waals surface area contributed by atoms with Crippen LogP contribution in [0.4, 0.5) is 0 Å². The molecule has 0 aliphatic carbocycles. The van der Waals surface area contributed by atoms with E-state index in [0.29, 0.717) is 24.6 Å². The van der Waals surface area contributed by atoms with Crippen LogP contribution in [0.15, 0.2) is 83.3 Å². The SMILES string of the molecule is CNC(=O)[C@@H](Cc1ccccc1)N(Cc1ccc(Br)cc1)C(=O)COc1ccc(C(C)C)cc1. The van der Waals surface area contributed by atoms with Gasteiger partial charge in [0.25, 0.3) is 5.91 Å². The second kappa shape index (κ2) is 12.4. The topological polar surface area (TPSA) is 58.6 Å². The Morgan fingerprint density at radius 1 is 0.912 bits per heavy atom. The van der Waals surface area contributed by atoms with E-state index < -0.39 is 6.04 Å². The van der Waals surface area contributed by atoms with Crippen molar-refractivity contribution in [2.24, 2.45) is 0 Å². The highest BCUT2D eigenvalue weighted by Gasteiger charge is 2.30. The zero-order chi connectivity index (χ0) is 24.5. The Morgan fingerprint density at radius 3 is 2.15 bits per heavy atom. The molecule has 0 heterocycles. The van der Waals surface area contributed by atoms with Gasteiger partial charge in [-0.3, -0.25) is 9.59 Å². The van der Waals surface area contributed by atoms with Gasteiger partial charge in [0, 0.05) is 24.5 Å². The molecule has 1 N–H and O–H groups in total. The summed E-state index contributed by atoms with van der Waals surface area (Å²) in [5, 5.41) is 2.72. The van der Waals surface area contributed by atoms with Crippen molar-refractivity contribution < 1.29 is 14.3 Å². The summed E-state index contributed by atoms with van der Waals surface area (Å²) in [5.41, 5.74) is 3.12. The highest BCUT2D eigenvalue weighted by Crippen LogP contribution is 2.20. The molecule has 0 saturated carbocycles. The quantitative estimate of drug-likeness (QED) is 0.391. The second-order valence-electron chi connectivity index (χ2n) is 8.48. The van der Waals surface area contributed by atoms with Gasteiger partial charge in [-0.15, -0.1) is 0 Å². The van der Waals surface area contributed by atoms with Crippen molar-refractivity contribution >= 4 is 27.7 Å². The number of carbonyl (C=O) groups excluding carboxylic acids is 2. The predicted molar refractivity (Wildman–Crippen MR) is 139 cm³/mol. The molecule has 6 heteroatoms. The van der Waals surface area contributed by atoms with E-state index in [-0.39, 0.29) is 18.4 Å². The molecule has 0 aliphatic rings. The summed E-state index contributed by atoms with van der Waals surface area (Å²) < 4.78 is 6.78. The molecular weight excluding hydrogens is 492 g/mol. The first-order valence-electron chi connectivity index (χ1n) is 11.4. The van der Waals surface area contributed by atoms with E-state index in [9.17, 15) is 9.59 Å². The maximum Gasteiger partial charge on any atom is 0.261 e. The van der Waals surface area contributed by atoms with Gasteiger partial charge in [0.05, 0.1) is 0 Å². The zero-order valence-corrected chi connectivity index (χ0v) is 21.4. The Kier molecular flexibility index (Phi) is 9.28. The summed E-state index contributed by atoms with van der Waals surface area (Å²) in [7, 11) is 1.59. The number of hydrogen-bond donors (Lipinski definition) is 1. The van der Waals surface area contributed by atoms with E-state index in [1.807, 2.05) is 78.9 Å². The fourth-order valence-corrected chi connectivity index (χ4v) is 3.95. The summed E-state index contributed by atoms with van der Waals surface area (Å²) in [4.78, 5) is 28.0. The van der Waals surface area contributed by atoms with E-state index in [0.717, 1.165) is 15.6 Å². The standard InChI is InChI=1S/C28H31BrN2O3/c1-20(2)23-11-15-25(16-12-23)34-19-27(32)31(18-22-9-13-24(29)14-10-22)26(28(33)30-3)17-21-7-5-4-6-8-21/h4-16,20,26H,17-19H2,1-3H3,(H,30,33)/t26-/m1/s1. The van der Waals surface area contributed by atoms with Crippen molar-refractivity contribution in [3.8, 4) is 5.75 Å². The first-order valence-corrected chi connectivity index (χ1v) is 12.2. The summed E-state index contributed by atoms with van der Waals surface area (Å²) in [5.74, 6) is 0.584. The molecule has 0 fully saturated rings. The molecule has 0 bridgehead atoms. The van der Waals surface area contributed by atoms with Crippen LogP contribution in [-0.2, 0) is 22.6 Å². The van der Waals surface area contributed by atoms with Crippen molar-refractivity contribution in [2.45, 2.75) is 38.8 Å². The predicted octanol–water partition coefficient (Wildman–Crippen LogP) is 5.34. The fourth-order valence-electron chi connectivity index (χ4n) is 3.68. The number of rotatable bonds is 10. The van der Waals surface area contributed by atoms with Crippen LogP contribution < -0.4 is 10.1 Å². The molecule has 0 unspecified atom stereocenters. The average Bonchev–Trinajstić information content (AvgIpc) is 2.86. The minimum absolute atomic E-state index is 0.153. The fraction of sp³-hybridized carbons (Fsp3) is 0.286. The van der Waals surface area contributed by atoms with Crippen molar-refractivity contribution in [2.75, 3.05) is 13.7 Å². The summed E-state index contributed by atoms with van der Waals surface area (Å²) in [6.07, 6.45) is 0.409. The van der Waals surface area contributed by atoms with E-state index in [4.69, 9.17) is 4.74 Å². The first kappa shape index (κ1) is 25.5. The van der Waals surface area contributed by atoms with Gasteiger partial charge in [0.2, 0.25) is 5.91 Å². The van der Waals surface area contributed by atoms with Gasteiger partial charge in [-0.1, -0.05) is 84.4 Å². The summed E-state index contributed by atoms with van der Waals surface area (Å²) >= 11 is 3.45. The minimum atomic E-state index is -0.671. The summed E-state index contributed by atoms with van der Waals surface area (Å²) in [6.45, 7) is 4.41. The lowest BCUT2D eigenvalue weighted by Gasteiger charge is -2.31. The van der Waals surface area contributed by atoms with Crippen LogP contribution >= 0.6 is 15.9 Å². The molecule has 2 amide bonds. The van der Waals surface area contributed by atoms with Gasteiger partial charge in [0.15, 0.2) is 6.61 Å². The lowest BCUT2D eigenvalue weighted by atomic mass is 10.0. The van der Waals surface area contributed by atoms with E-state index in [2.05, 4.69) is 35.1 Å². The normalized spacial score (nSPS) is 11.7. The average molecular weight is 523 g/mol. The van der Waals surface area contributed by atoms with Crippen LogP contribution in [-0.4, -0.2) is 36.4 Å². The number of amides is 2. The lowest BCUT2D eigenvalue weighted by Crippen LogP contribution is -2.51. The van der Waals surface area contributed by atoms with Crippen LogP contribution in [0.3, 0.4) is 0 Å². The molecule has 0 aliphatic heterocycles. The third-order valence-electron chi connectivity index (χ3n) is 5.69. The van der Waals surface area contributed by atoms with Crippen molar-refractivity contribution in [3.63, 3.8) is 0 Å². The Bertz CT molecular complexity index is 1070. The van der Waals surface area contributed by atoms with Crippen LogP contribution in [0.2, 0.25) is 0 Å². The molecular formula is C28H31BrN2O3. The monoisotopic (exact) mass is 522 g/mol. The van der Waals surface area contributed by atoms with Gasteiger partial charge in [0.1, 0.15) is 11.8 Å². The maximum atomic E-state index is 13.4. The highest BCUT2D eigenvalue weighted by atomic mass is 79.9. The number of halogens is 1. The number of hydrogen-bond acceptors (Lipinski definition) is 3. The molecule has 1 atom stereocenters. The number of likely N-dealkylation sites (N-methyl/N-ethyl adjacent to an activating group) is 1. The third kappa shape index (κ3) is 7.19. The molecule has 3 aromatic carbocycles. The second-order valence-corrected chi connectivity index (χ2v) is 9.40. The molecule has 178 valence electrons. The van der Waals surface area contributed by atoms with Gasteiger partial charge in [-0.2, -0.15) is 0 Å². The van der Waals surface area contributed by atoms with Crippen molar-refractivity contribution in [1.82, 2.24) is 10.2 Å². The number of benzene rings is 3. The van der Waals surface area contributed by atoms with E-state index in [1.165, 1.54) is 5.56 Å². The molecule has 34 heavy (non-hydrogen) atoms. The zero-order valence-electron chi connectivity index (χ0n) is 19.8. The molecule has 5 nitrogen and oxygen atoms in total. The maximum absolute atomic E-state index is 13.4. The minimum Gasteiger partial charge on any atom is -0.484 e. The molecule has 0 saturated heterocycles. The van der Waals surface area contributed by atoms with Crippen molar-refractivity contribution in [3.05, 3.63) is 100 Å². The van der Waals surface area contributed by atoms with Crippen LogP contribution in [0.5, 0.6) is 5.75 Å². The number of carbonyl (C=O) groups is 2. The number of ether oxygens (including phenoxy) is 1. The van der Waals surface area contributed by atoms with E-state index in [1.54, 1.807) is 11.9 Å². The van der Waals surface area contributed by atoms with Crippen LogP contribution in [0, 0.1) is 0 Å². The smallest absolute Gasteiger partial charge is 0.261 e. The molecule has 3 aromatic rings. The largest absolute Gasteiger partial charge is 0.484 e. The molecule has 0 aromatic heterocycles. The Morgan fingerprint density at radius 2 is 1.56 bits per heavy atom. The Labute approximate surface area is 210 Å². The summed E-state index contributed by atoms with van der Waals surface area (Å²) in [6, 6.07) is 24.6. The highest BCUT2D eigenvalue weighted by molar-refractivity contribution is 9.10. The Balaban J connectivity index is 1.83. The van der Waals surface area contributed by atoms with E-state index >= 15 is 0 Å². The van der Waals surface area contributed by atoms with Gasteiger partial charge < -0.3 is 15.0 Å². The van der Waals surface area contributed by atoms with Gasteiger partial charge in [-0.25, -0.2) is 0 Å². The molecule has 0 spiro atoms. The number of nitrogens with zero attached hydrogens (tertiary/aromatic N) is 1. The number of nitrogens with one attached hydrogen (secondary N) is 1. The molecule has 3 rings (SSSR count). The third-order valence-corrected chi connectivity index (χ3v) is 6.22.